The normalized spacial score (nSPS) is 22.4. The number of amides is 3. The Morgan fingerprint density at radius 1 is 1.19 bits per heavy atom. The second kappa shape index (κ2) is 11.7. The average molecular weight is 556 g/mol. The van der Waals surface area contributed by atoms with Crippen molar-refractivity contribution >= 4 is 52.9 Å². The Morgan fingerprint density at radius 2 is 1.84 bits per heavy atom. The Hall–Kier alpha value is -2.85. The van der Waals surface area contributed by atoms with Crippen molar-refractivity contribution in [1.82, 2.24) is 15.5 Å². The van der Waals surface area contributed by atoms with Gasteiger partial charge in [-0.1, -0.05) is 29.3 Å². The smallest absolute Gasteiger partial charge is 0.408 e. The first kappa shape index (κ1) is 28.7. The number of benzene rings is 1. The number of carbonyl (C=O) groups is 5. The Morgan fingerprint density at radius 3 is 2.41 bits per heavy atom. The molecule has 2 N–H and O–H groups in total. The topological polar surface area (TPSA) is 131 Å². The predicted octanol–water partition coefficient (Wildman–Crippen LogP) is 3.13. The third kappa shape index (κ3) is 7.13. The van der Waals surface area contributed by atoms with Crippen LogP contribution in [0.2, 0.25) is 10.0 Å². The molecular formula is C25H31Cl2N3O7. The summed E-state index contributed by atoms with van der Waals surface area (Å²) in [4.78, 5) is 65.2. The summed E-state index contributed by atoms with van der Waals surface area (Å²) < 4.78 is 10.5. The fourth-order valence-corrected chi connectivity index (χ4v) is 5.07. The van der Waals surface area contributed by atoms with Crippen molar-refractivity contribution in [2.45, 2.75) is 70.7 Å². The van der Waals surface area contributed by atoms with Crippen LogP contribution in [0, 0.1) is 5.92 Å². The van der Waals surface area contributed by atoms with E-state index in [1.165, 1.54) is 17.0 Å². The number of halogens is 2. The molecule has 10 nitrogen and oxygen atoms in total. The summed E-state index contributed by atoms with van der Waals surface area (Å²) in [7, 11) is 0. The van der Waals surface area contributed by atoms with Gasteiger partial charge in [0.25, 0.3) is 0 Å². The van der Waals surface area contributed by atoms with Crippen LogP contribution in [-0.2, 0) is 23.9 Å². The molecule has 0 aromatic heterocycles. The lowest BCUT2D eigenvalue weighted by atomic mass is 9.94. The molecule has 0 radical (unpaired) electrons. The van der Waals surface area contributed by atoms with Gasteiger partial charge >= 0.3 is 12.1 Å². The molecule has 1 unspecified atom stereocenters. The molecule has 0 saturated carbocycles. The molecule has 12 heteroatoms. The molecule has 2 aliphatic heterocycles. The van der Waals surface area contributed by atoms with Crippen LogP contribution in [-0.4, -0.2) is 71.4 Å². The van der Waals surface area contributed by atoms with Gasteiger partial charge in [0.1, 0.15) is 11.6 Å². The molecule has 2 saturated heterocycles. The molecule has 0 aliphatic carbocycles. The molecule has 3 amide bonds. The minimum absolute atomic E-state index is 0.0598. The Kier molecular flexibility index (Phi) is 9.07. The molecule has 2 heterocycles. The fourth-order valence-electron chi connectivity index (χ4n) is 4.52. The lowest BCUT2D eigenvalue weighted by molar-refractivity contribution is -0.141. The molecule has 1 aromatic rings. The maximum atomic E-state index is 13.4. The molecule has 4 atom stereocenters. The van der Waals surface area contributed by atoms with E-state index in [2.05, 4.69) is 10.6 Å². The Bertz CT molecular complexity index is 1070. The van der Waals surface area contributed by atoms with Gasteiger partial charge in [-0.15, -0.1) is 0 Å². The van der Waals surface area contributed by atoms with Crippen molar-refractivity contribution in [3.05, 3.63) is 33.8 Å². The molecular weight excluding hydrogens is 525 g/mol. The van der Waals surface area contributed by atoms with E-state index in [0.29, 0.717) is 13.0 Å². The maximum absolute atomic E-state index is 13.4. The van der Waals surface area contributed by atoms with Crippen molar-refractivity contribution in [1.29, 1.82) is 0 Å². The van der Waals surface area contributed by atoms with Gasteiger partial charge in [-0.3, -0.25) is 14.4 Å². The van der Waals surface area contributed by atoms with Gasteiger partial charge in [0.15, 0.2) is 12.4 Å². The Labute approximate surface area is 225 Å². The van der Waals surface area contributed by atoms with Crippen molar-refractivity contribution in [3.63, 3.8) is 0 Å². The second-order valence-electron chi connectivity index (χ2n) is 10.2. The van der Waals surface area contributed by atoms with E-state index in [1.807, 2.05) is 0 Å². The third-order valence-electron chi connectivity index (χ3n) is 6.19. The fraction of sp³-hybridized carbons (Fsp3) is 0.560. The van der Waals surface area contributed by atoms with Gasteiger partial charge < -0.3 is 25.0 Å². The molecule has 202 valence electrons. The van der Waals surface area contributed by atoms with Crippen LogP contribution in [0.4, 0.5) is 4.79 Å². The number of esters is 1. The highest BCUT2D eigenvalue weighted by molar-refractivity contribution is 6.39. The zero-order chi connectivity index (χ0) is 27.5. The number of hydrogen-bond acceptors (Lipinski definition) is 7. The standard InChI is InChI=1S/C25H31Cl2N3O7/c1-13-10-17(29-24(35)37-25(2,3)4)22(33)30(13)18(11-14-8-9-28-21(14)32)19(31)12-36-23(34)20-15(26)6-5-7-16(20)27/h5-7,13-14,17-18H,8-12H2,1-4H3,(H,28,32)(H,29,35)/t13?,14-,17-,18-/m0/s1. The molecule has 2 aliphatic rings. The van der Waals surface area contributed by atoms with E-state index in [-0.39, 0.29) is 34.4 Å². The lowest BCUT2D eigenvalue weighted by Gasteiger charge is -2.32. The molecule has 0 bridgehead atoms. The minimum atomic E-state index is -1.05. The number of nitrogens with one attached hydrogen (secondary N) is 2. The van der Waals surface area contributed by atoms with Gasteiger partial charge in [0.05, 0.1) is 21.7 Å². The number of likely N-dealkylation sites (tertiary alicyclic amines) is 1. The van der Waals surface area contributed by atoms with Gasteiger partial charge in [-0.25, -0.2) is 9.59 Å². The number of alkyl carbamates (subject to hydrolysis) is 1. The van der Waals surface area contributed by atoms with Crippen LogP contribution >= 0.6 is 23.2 Å². The van der Waals surface area contributed by atoms with Crippen LogP contribution in [0.5, 0.6) is 0 Å². The van der Waals surface area contributed by atoms with Crippen molar-refractivity contribution in [2.24, 2.45) is 5.92 Å². The number of ether oxygens (including phenoxy) is 2. The van der Waals surface area contributed by atoms with Crippen molar-refractivity contribution < 1.29 is 33.4 Å². The van der Waals surface area contributed by atoms with Gasteiger partial charge in [0, 0.05) is 18.5 Å². The van der Waals surface area contributed by atoms with Crippen LogP contribution in [0.15, 0.2) is 18.2 Å². The summed E-state index contributed by atoms with van der Waals surface area (Å²) in [5, 5.41) is 5.44. The maximum Gasteiger partial charge on any atom is 0.408 e. The first-order valence-electron chi connectivity index (χ1n) is 12.0. The van der Waals surface area contributed by atoms with Gasteiger partial charge in [-0.05, 0) is 59.1 Å². The summed E-state index contributed by atoms with van der Waals surface area (Å²) >= 11 is 12.1. The lowest BCUT2D eigenvalue weighted by Crippen LogP contribution is -2.51. The quantitative estimate of drug-likeness (QED) is 0.471. The molecule has 0 spiro atoms. The molecule has 1 aromatic carbocycles. The highest BCUT2D eigenvalue weighted by Crippen LogP contribution is 2.29. The number of ketones is 1. The zero-order valence-corrected chi connectivity index (χ0v) is 22.6. The number of hydrogen-bond donors (Lipinski definition) is 2. The molecule has 2 fully saturated rings. The first-order valence-corrected chi connectivity index (χ1v) is 12.8. The van der Waals surface area contributed by atoms with E-state index < -0.39 is 60.0 Å². The van der Waals surface area contributed by atoms with E-state index in [4.69, 9.17) is 32.7 Å². The summed E-state index contributed by atoms with van der Waals surface area (Å²) in [6, 6.07) is 2.13. The number of Topliss-reactive ketones (excluding diaryl/α,β-unsaturated/α-hetero) is 1. The second-order valence-corrected chi connectivity index (χ2v) is 11.0. The summed E-state index contributed by atoms with van der Waals surface area (Å²) in [5.41, 5.74) is -0.822. The Balaban J connectivity index is 1.76. The summed E-state index contributed by atoms with van der Waals surface area (Å²) in [6.07, 6.45) is 0.0644. The number of nitrogens with zero attached hydrogens (tertiary/aromatic N) is 1. The van der Waals surface area contributed by atoms with E-state index in [9.17, 15) is 24.0 Å². The highest BCUT2D eigenvalue weighted by atomic mass is 35.5. The van der Waals surface area contributed by atoms with E-state index >= 15 is 0 Å². The van der Waals surface area contributed by atoms with Crippen LogP contribution < -0.4 is 10.6 Å². The number of carbonyl (C=O) groups excluding carboxylic acids is 5. The van der Waals surface area contributed by atoms with E-state index in [0.717, 1.165) is 0 Å². The van der Waals surface area contributed by atoms with Gasteiger partial charge in [-0.2, -0.15) is 0 Å². The highest BCUT2D eigenvalue weighted by Gasteiger charge is 2.46. The summed E-state index contributed by atoms with van der Waals surface area (Å²) in [6.45, 7) is 6.68. The largest absolute Gasteiger partial charge is 0.454 e. The SMILES string of the molecule is CC1C[C@H](NC(=O)OC(C)(C)C)C(=O)N1[C@@H](C[C@@H]1CCNC1=O)C(=O)COC(=O)c1c(Cl)cccc1Cl. The van der Waals surface area contributed by atoms with Crippen molar-refractivity contribution in [3.8, 4) is 0 Å². The van der Waals surface area contributed by atoms with Crippen molar-refractivity contribution in [2.75, 3.05) is 13.2 Å². The van der Waals surface area contributed by atoms with Crippen LogP contribution in [0.3, 0.4) is 0 Å². The summed E-state index contributed by atoms with van der Waals surface area (Å²) in [5.74, 6) is -2.61. The third-order valence-corrected chi connectivity index (χ3v) is 6.82. The van der Waals surface area contributed by atoms with E-state index in [1.54, 1.807) is 33.8 Å². The monoisotopic (exact) mass is 555 g/mol. The molecule has 37 heavy (non-hydrogen) atoms. The molecule has 3 rings (SSSR count). The minimum Gasteiger partial charge on any atom is -0.454 e. The first-order chi connectivity index (χ1) is 17.3. The van der Waals surface area contributed by atoms with Crippen LogP contribution in [0.1, 0.15) is 57.3 Å². The predicted molar refractivity (Wildman–Crippen MR) is 135 cm³/mol. The average Bonchev–Trinajstić information content (AvgIpc) is 3.30. The zero-order valence-electron chi connectivity index (χ0n) is 21.1. The van der Waals surface area contributed by atoms with Crippen LogP contribution in [0.25, 0.3) is 0 Å². The van der Waals surface area contributed by atoms with Gasteiger partial charge in [0.2, 0.25) is 11.8 Å². The number of rotatable bonds is 8.